The molecule has 1 heterocycles. The molecule has 1 N–H and O–H groups in total. The minimum atomic E-state index is 1.01. The van der Waals surface area contributed by atoms with Crippen LogP contribution in [-0.2, 0) is 6.54 Å². The van der Waals surface area contributed by atoms with Crippen LogP contribution in [0.2, 0.25) is 0 Å². The first-order valence-electron chi connectivity index (χ1n) is 6.34. The maximum atomic E-state index is 3.51. The average molecular weight is 238 g/mol. The van der Waals surface area contributed by atoms with Gasteiger partial charge in [-0.15, -0.1) is 11.3 Å². The maximum Gasteiger partial charge on any atom is 0.0300 e. The van der Waals surface area contributed by atoms with Gasteiger partial charge in [0.2, 0.25) is 0 Å². The van der Waals surface area contributed by atoms with Gasteiger partial charge in [-0.1, -0.05) is 13.0 Å². The Hall–Kier alpha value is -0.380. The second-order valence-electron chi connectivity index (χ2n) is 4.59. The molecule has 1 saturated carbocycles. The lowest BCUT2D eigenvalue weighted by atomic mass is 10.3. The fourth-order valence-corrected chi connectivity index (χ4v) is 2.58. The van der Waals surface area contributed by atoms with Gasteiger partial charge >= 0.3 is 0 Å². The largest absolute Gasteiger partial charge is 0.311 e. The molecule has 0 aliphatic heterocycles. The highest BCUT2D eigenvalue weighted by Crippen LogP contribution is 2.29. The predicted molar refractivity (Wildman–Crippen MR) is 70.9 cm³/mol. The molecule has 2 nitrogen and oxygen atoms in total. The minimum absolute atomic E-state index is 1.01. The Morgan fingerprint density at radius 3 is 3.00 bits per heavy atom. The third-order valence-corrected chi connectivity index (χ3v) is 4.02. The Bertz CT molecular complexity index is 280. The quantitative estimate of drug-likeness (QED) is 0.700. The molecule has 1 aliphatic carbocycles. The molecule has 0 radical (unpaired) electrons. The van der Waals surface area contributed by atoms with Crippen molar-refractivity contribution in [2.45, 2.75) is 26.3 Å². The zero-order valence-electron chi connectivity index (χ0n) is 10.1. The zero-order chi connectivity index (χ0) is 11.2. The van der Waals surface area contributed by atoms with Gasteiger partial charge in [0.1, 0.15) is 0 Å². The van der Waals surface area contributed by atoms with E-state index in [0.717, 1.165) is 19.0 Å². The van der Waals surface area contributed by atoms with Gasteiger partial charge in [-0.3, -0.25) is 0 Å². The van der Waals surface area contributed by atoms with Crippen molar-refractivity contribution in [3.63, 3.8) is 0 Å². The third kappa shape index (κ3) is 4.24. The number of nitrogens with zero attached hydrogens (tertiary/aromatic N) is 1. The van der Waals surface area contributed by atoms with Gasteiger partial charge < -0.3 is 10.2 Å². The van der Waals surface area contributed by atoms with Crippen LogP contribution >= 0.6 is 11.3 Å². The van der Waals surface area contributed by atoms with E-state index >= 15 is 0 Å². The number of hydrogen-bond acceptors (Lipinski definition) is 3. The first-order valence-corrected chi connectivity index (χ1v) is 7.22. The second-order valence-corrected chi connectivity index (χ2v) is 5.62. The van der Waals surface area contributed by atoms with Crippen LogP contribution in [0.5, 0.6) is 0 Å². The van der Waals surface area contributed by atoms with E-state index in [1.54, 1.807) is 0 Å². The summed E-state index contributed by atoms with van der Waals surface area (Å²) < 4.78 is 0. The molecule has 0 spiro atoms. The lowest BCUT2D eigenvalue weighted by Gasteiger charge is -2.20. The van der Waals surface area contributed by atoms with E-state index in [2.05, 4.69) is 34.7 Å². The first-order chi connectivity index (χ1) is 7.88. The number of rotatable bonds is 8. The van der Waals surface area contributed by atoms with Crippen molar-refractivity contribution in [3.05, 3.63) is 22.4 Å². The zero-order valence-corrected chi connectivity index (χ0v) is 10.9. The van der Waals surface area contributed by atoms with E-state index in [1.807, 2.05) is 11.3 Å². The first kappa shape index (κ1) is 12.1. The smallest absolute Gasteiger partial charge is 0.0300 e. The molecule has 90 valence electrons. The van der Waals surface area contributed by atoms with E-state index in [1.165, 1.54) is 37.4 Å². The van der Waals surface area contributed by atoms with Crippen molar-refractivity contribution in [3.8, 4) is 0 Å². The Labute approximate surface area is 103 Å². The summed E-state index contributed by atoms with van der Waals surface area (Å²) in [6, 6.07) is 4.31. The highest BCUT2D eigenvalue weighted by Gasteiger charge is 2.23. The average Bonchev–Trinajstić information content (AvgIpc) is 2.96. The number of thiophene rings is 1. The molecule has 2 rings (SSSR count). The van der Waals surface area contributed by atoms with Gasteiger partial charge in [-0.25, -0.2) is 0 Å². The Morgan fingerprint density at radius 1 is 1.50 bits per heavy atom. The van der Waals surface area contributed by atoms with Crippen molar-refractivity contribution >= 4 is 11.3 Å². The molecule has 16 heavy (non-hydrogen) atoms. The molecule has 1 aromatic rings. The molecule has 0 atom stereocenters. The number of hydrogen-bond donors (Lipinski definition) is 1. The molecule has 1 aliphatic rings. The van der Waals surface area contributed by atoms with Crippen LogP contribution in [0.25, 0.3) is 0 Å². The Balaban J connectivity index is 1.55. The van der Waals surface area contributed by atoms with E-state index < -0.39 is 0 Å². The van der Waals surface area contributed by atoms with Gasteiger partial charge in [0.15, 0.2) is 0 Å². The highest BCUT2D eigenvalue weighted by molar-refractivity contribution is 7.09. The van der Waals surface area contributed by atoms with Crippen LogP contribution in [-0.4, -0.2) is 31.1 Å². The molecule has 1 aromatic heterocycles. The standard InChI is InChI=1S/C13H22N2S/c1-2-15(11-12-5-6-12)8-7-14-10-13-4-3-9-16-13/h3-4,9,12,14H,2,5-8,10-11H2,1H3. The van der Waals surface area contributed by atoms with Crippen LogP contribution in [0.3, 0.4) is 0 Å². The van der Waals surface area contributed by atoms with Gasteiger partial charge in [0.05, 0.1) is 0 Å². The van der Waals surface area contributed by atoms with Gasteiger partial charge in [-0.2, -0.15) is 0 Å². The van der Waals surface area contributed by atoms with Crippen LogP contribution in [0.1, 0.15) is 24.6 Å². The molecule has 0 bridgehead atoms. The van der Waals surface area contributed by atoms with Gasteiger partial charge in [-0.05, 0) is 36.8 Å². The normalized spacial score (nSPS) is 15.9. The van der Waals surface area contributed by atoms with Gasteiger partial charge in [0.25, 0.3) is 0 Å². The second kappa shape index (κ2) is 6.38. The Morgan fingerprint density at radius 2 is 2.38 bits per heavy atom. The van der Waals surface area contributed by atoms with Crippen LogP contribution in [0.4, 0.5) is 0 Å². The molecule has 0 saturated heterocycles. The summed E-state index contributed by atoms with van der Waals surface area (Å²) in [5, 5.41) is 5.66. The SMILES string of the molecule is CCN(CCNCc1cccs1)CC1CC1. The van der Waals surface area contributed by atoms with Crippen molar-refractivity contribution in [2.75, 3.05) is 26.2 Å². The monoisotopic (exact) mass is 238 g/mol. The fourth-order valence-electron chi connectivity index (χ4n) is 1.91. The predicted octanol–water partition coefficient (Wildman–Crippen LogP) is 2.57. The topological polar surface area (TPSA) is 15.3 Å². The lowest BCUT2D eigenvalue weighted by Crippen LogP contribution is -2.33. The molecule has 1 fully saturated rings. The minimum Gasteiger partial charge on any atom is -0.311 e. The van der Waals surface area contributed by atoms with Crippen LogP contribution < -0.4 is 5.32 Å². The maximum absolute atomic E-state index is 3.51. The van der Waals surface area contributed by atoms with Crippen LogP contribution in [0.15, 0.2) is 17.5 Å². The van der Waals surface area contributed by atoms with Crippen molar-refractivity contribution in [1.82, 2.24) is 10.2 Å². The molecule has 3 heteroatoms. The van der Waals surface area contributed by atoms with Crippen molar-refractivity contribution < 1.29 is 0 Å². The summed E-state index contributed by atoms with van der Waals surface area (Å²) in [7, 11) is 0. The molecule has 0 aromatic carbocycles. The molecular formula is C13H22N2S. The number of nitrogens with one attached hydrogen (secondary N) is 1. The van der Waals surface area contributed by atoms with E-state index in [4.69, 9.17) is 0 Å². The highest BCUT2D eigenvalue weighted by atomic mass is 32.1. The number of likely N-dealkylation sites (N-methyl/N-ethyl adjacent to an activating group) is 1. The van der Waals surface area contributed by atoms with Crippen molar-refractivity contribution in [2.24, 2.45) is 5.92 Å². The summed E-state index contributed by atoms with van der Waals surface area (Å²) in [6.45, 7) is 8.10. The summed E-state index contributed by atoms with van der Waals surface area (Å²) in [6.07, 6.45) is 2.91. The molecular weight excluding hydrogens is 216 g/mol. The summed E-state index contributed by atoms with van der Waals surface area (Å²) in [4.78, 5) is 4.00. The van der Waals surface area contributed by atoms with E-state index in [9.17, 15) is 0 Å². The van der Waals surface area contributed by atoms with Crippen molar-refractivity contribution in [1.29, 1.82) is 0 Å². The molecule has 0 unspecified atom stereocenters. The lowest BCUT2D eigenvalue weighted by molar-refractivity contribution is 0.276. The summed E-state index contributed by atoms with van der Waals surface area (Å²) >= 11 is 1.83. The van der Waals surface area contributed by atoms with E-state index in [-0.39, 0.29) is 0 Å². The summed E-state index contributed by atoms with van der Waals surface area (Å²) in [5.41, 5.74) is 0. The Kier molecular flexibility index (Phi) is 4.82. The summed E-state index contributed by atoms with van der Waals surface area (Å²) in [5.74, 6) is 1.01. The molecule has 0 amide bonds. The fraction of sp³-hybridized carbons (Fsp3) is 0.692. The van der Waals surface area contributed by atoms with Crippen LogP contribution in [0, 0.1) is 5.92 Å². The van der Waals surface area contributed by atoms with E-state index in [0.29, 0.717) is 0 Å². The van der Waals surface area contributed by atoms with Gasteiger partial charge in [0, 0.05) is 31.1 Å². The third-order valence-electron chi connectivity index (χ3n) is 3.14.